The number of carbonyl (C=O) groups is 1. The second kappa shape index (κ2) is 5.00. The molecule has 22 heavy (non-hydrogen) atoms. The van der Waals surface area contributed by atoms with Gasteiger partial charge >= 0.3 is 5.97 Å². The van der Waals surface area contributed by atoms with Gasteiger partial charge in [-0.1, -0.05) is 12.2 Å². The largest absolute Gasteiger partial charge is 0.495 e. The monoisotopic (exact) mass is 306 g/mol. The van der Waals surface area contributed by atoms with Crippen LogP contribution in [0.4, 0.5) is 0 Å². The van der Waals surface area contributed by atoms with E-state index in [0.717, 1.165) is 5.57 Å². The van der Waals surface area contributed by atoms with E-state index in [0.29, 0.717) is 22.6 Å². The summed E-state index contributed by atoms with van der Waals surface area (Å²) in [6.07, 6.45) is -2.36. The van der Waals surface area contributed by atoms with Gasteiger partial charge in [-0.25, -0.2) is 4.79 Å². The molecule has 1 unspecified atom stereocenters. The second-order valence-electron chi connectivity index (χ2n) is 5.66. The summed E-state index contributed by atoms with van der Waals surface area (Å²) in [6.45, 7) is 7.68. The predicted octanol–water partition coefficient (Wildman–Crippen LogP) is 1.78. The first-order valence-electron chi connectivity index (χ1n) is 6.98. The zero-order valence-electron chi connectivity index (χ0n) is 12.7. The molecule has 2 aliphatic heterocycles. The zero-order valence-corrected chi connectivity index (χ0v) is 12.7. The van der Waals surface area contributed by atoms with Gasteiger partial charge in [-0.2, -0.15) is 0 Å². The molecular formula is C16H18O6. The highest BCUT2D eigenvalue weighted by Crippen LogP contribution is 2.51. The summed E-state index contributed by atoms with van der Waals surface area (Å²) < 4.78 is 15.9. The van der Waals surface area contributed by atoms with Crippen molar-refractivity contribution in [2.75, 3.05) is 13.7 Å². The number of esters is 1. The lowest BCUT2D eigenvalue weighted by molar-refractivity contribution is -0.0571. The minimum atomic E-state index is -1.44. The van der Waals surface area contributed by atoms with Gasteiger partial charge in [0.25, 0.3) is 0 Å². The van der Waals surface area contributed by atoms with Gasteiger partial charge in [0.05, 0.1) is 19.8 Å². The Balaban J connectivity index is 2.31. The Morgan fingerprint density at radius 2 is 2.05 bits per heavy atom. The molecule has 0 saturated heterocycles. The van der Waals surface area contributed by atoms with Crippen LogP contribution in [0.25, 0.3) is 0 Å². The van der Waals surface area contributed by atoms with Crippen LogP contribution in [-0.2, 0) is 4.74 Å². The third-order valence-corrected chi connectivity index (χ3v) is 4.30. The van der Waals surface area contributed by atoms with Crippen LogP contribution in [0.3, 0.4) is 0 Å². The van der Waals surface area contributed by atoms with E-state index in [2.05, 4.69) is 6.58 Å². The quantitative estimate of drug-likeness (QED) is 0.640. The van der Waals surface area contributed by atoms with E-state index in [1.165, 1.54) is 7.11 Å². The lowest BCUT2D eigenvalue weighted by Crippen LogP contribution is -2.29. The predicted molar refractivity (Wildman–Crippen MR) is 76.9 cm³/mol. The molecule has 0 aliphatic carbocycles. The van der Waals surface area contributed by atoms with Crippen molar-refractivity contribution < 1.29 is 29.2 Å². The number of ether oxygens (including phenoxy) is 3. The highest BCUT2D eigenvalue weighted by Gasteiger charge is 2.44. The van der Waals surface area contributed by atoms with Crippen LogP contribution < -0.4 is 9.47 Å². The minimum absolute atomic E-state index is 0.149. The van der Waals surface area contributed by atoms with Crippen molar-refractivity contribution in [1.29, 1.82) is 0 Å². The number of aliphatic hydroxyl groups is 2. The number of carbonyl (C=O) groups excluding carboxylic acids is 1. The Bertz CT molecular complexity index is 678. The van der Waals surface area contributed by atoms with Gasteiger partial charge < -0.3 is 24.4 Å². The van der Waals surface area contributed by atoms with Crippen molar-refractivity contribution in [3.05, 3.63) is 34.4 Å². The van der Waals surface area contributed by atoms with Crippen molar-refractivity contribution in [2.24, 2.45) is 5.92 Å². The molecular weight excluding hydrogens is 288 g/mol. The first kappa shape index (κ1) is 14.9. The third-order valence-electron chi connectivity index (χ3n) is 4.30. The van der Waals surface area contributed by atoms with Gasteiger partial charge in [0, 0.05) is 22.6 Å². The molecule has 118 valence electrons. The maximum absolute atomic E-state index is 12.0. The van der Waals surface area contributed by atoms with Crippen LogP contribution in [0, 0.1) is 12.8 Å². The molecule has 6 nitrogen and oxygen atoms in total. The third kappa shape index (κ3) is 1.84. The lowest BCUT2D eigenvalue weighted by atomic mass is 9.83. The molecule has 0 radical (unpaired) electrons. The Labute approximate surface area is 127 Å². The minimum Gasteiger partial charge on any atom is -0.495 e. The molecule has 0 spiro atoms. The van der Waals surface area contributed by atoms with Crippen LogP contribution in [0.2, 0.25) is 0 Å². The molecule has 0 amide bonds. The summed E-state index contributed by atoms with van der Waals surface area (Å²) in [4.78, 5) is 12.0. The number of benzene rings is 1. The maximum Gasteiger partial charge on any atom is 0.345 e. The number of rotatable bonds is 2. The Kier molecular flexibility index (Phi) is 3.38. The van der Waals surface area contributed by atoms with Crippen LogP contribution in [0.5, 0.6) is 11.5 Å². The van der Waals surface area contributed by atoms with E-state index >= 15 is 0 Å². The van der Waals surface area contributed by atoms with E-state index in [4.69, 9.17) is 14.2 Å². The Hall–Kier alpha value is -2.05. The first-order valence-corrected chi connectivity index (χ1v) is 6.98. The highest BCUT2D eigenvalue weighted by atomic mass is 16.6. The maximum atomic E-state index is 12.0. The fraction of sp³-hybridized carbons (Fsp3) is 0.438. The summed E-state index contributed by atoms with van der Waals surface area (Å²) in [6, 6.07) is 0. The Morgan fingerprint density at radius 3 is 2.64 bits per heavy atom. The van der Waals surface area contributed by atoms with Gasteiger partial charge in [-0.3, -0.25) is 0 Å². The number of cyclic esters (lactones) is 1. The van der Waals surface area contributed by atoms with Gasteiger partial charge in [0.15, 0.2) is 0 Å². The van der Waals surface area contributed by atoms with Gasteiger partial charge in [0.2, 0.25) is 6.29 Å². The second-order valence-corrected chi connectivity index (χ2v) is 5.66. The summed E-state index contributed by atoms with van der Waals surface area (Å²) in [5.74, 6) is -0.253. The van der Waals surface area contributed by atoms with Crippen molar-refractivity contribution >= 4 is 5.97 Å². The topological polar surface area (TPSA) is 85.2 Å². The molecule has 2 aliphatic rings. The van der Waals surface area contributed by atoms with Crippen molar-refractivity contribution in [3.8, 4) is 11.5 Å². The van der Waals surface area contributed by atoms with Crippen LogP contribution in [0.15, 0.2) is 12.2 Å². The average Bonchev–Trinajstić information content (AvgIpc) is 2.74. The number of methoxy groups -OCH3 is 1. The number of fused-ring (bicyclic) bond motifs is 3. The van der Waals surface area contributed by atoms with Crippen LogP contribution in [-0.4, -0.2) is 29.9 Å². The number of aliphatic hydroxyl groups excluding tert-OH is 2. The zero-order chi connectivity index (χ0) is 16.2. The van der Waals surface area contributed by atoms with Gasteiger partial charge in [0.1, 0.15) is 17.1 Å². The standard InChI is InChI=1S/C16H18O6/c1-6(2)8-5-21-14-7(3)13(20-4)11-9(10(14)12(8)17)15(18)22-16(11)19/h8,12,15,17-18H,1,5H2,2-4H3/t8-,12-,15?/m1/s1. The molecule has 6 heteroatoms. The van der Waals surface area contributed by atoms with E-state index in [1.54, 1.807) is 13.8 Å². The van der Waals surface area contributed by atoms with Crippen molar-refractivity contribution in [1.82, 2.24) is 0 Å². The van der Waals surface area contributed by atoms with Crippen LogP contribution in [0.1, 0.15) is 46.4 Å². The van der Waals surface area contributed by atoms with Crippen molar-refractivity contribution in [2.45, 2.75) is 26.2 Å². The molecule has 0 fully saturated rings. The normalized spacial score (nSPS) is 25.9. The molecule has 1 aromatic rings. The Morgan fingerprint density at radius 1 is 1.36 bits per heavy atom. The fourth-order valence-corrected chi connectivity index (χ4v) is 3.16. The fourth-order valence-electron chi connectivity index (χ4n) is 3.16. The molecule has 1 aromatic carbocycles. The van der Waals surface area contributed by atoms with Gasteiger partial charge in [-0.05, 0) is 13.8 Å². The van der Waals surface area contributed by atoms with E-state index in [1.807, 2.05) is 0 Å². The average molecular weight is 306 g/mol. The summed E-state index contributed by atoms with van der Waals surface area (Å²) in [5, 5.41) is 20.8. The van der Waals surface area contributed by atoms with Crippen LogP contribution >= 0.6 is 0 Å². The molecule has 3 atom stereocenters. The van der Waals surface area contributed by atoms with E-state index < -0.39 is 18.4 Å². The summed E-state index contributed by atoms with van der Waals surface area (Å²) >= 11 is 0. The van der Waals surface area contributed by atoms with Gasteiger partial charge in [-0.15, -0.1) is 0 Å². The summed E-state index contributed by atoms with van der Waals surface area (Å²) in [7, 11) is 1.43. The molecule has 2 N–H and O–H groups in total. The number of hydrogen-bond donors (Lipinski definition) is 2. The van der Waals surface area contributed by atoms with E-state index in [9.17, 15) is 15.0 Å². The summed E-state index contributed by atoms with van der Waals surface area (Å²) in [5.41, 5.74) is 2.12. The smallest absolute Gasteiger partial charge is 0.345 e. The van der Waals surface area contributed by atoms with E-state index in [-0.39, 0.29) is 23.7 Å². The highest BCUT2D eigenvalue weighted by molar-refractivity contribution is 5.98. The lowest BCUT2D eigenvalue weighted by Gasteiger charge is -2.33. The molecule has 2 heterocycles. The first-order chi connectivity index (χ1) is 10.4. The molecule has 0 saturated carbocycles. The molecule has 0 aromatic heterocycles. The SMILES string of the molecule is C=C(C)[C@H]1COc2c(C)c(OC)c3c(c2[C@@H]1O)C(O)OC3=O. The van der Waals surface area contributed by atoms with Crippen molar-refractivity contribution in [3.63, 3.8) is 0 Å². The molecule has 0 bridgehead atoms. The number of hydrogen-bond acceptors (Lipinski definition) is 6. The molecule has 3 rings (SSSR count).